The maximum Gasteiger partial charge on any atom is 0.392 e. The molecule has 0 aliphatic heterocycles. The molecule has 0 saturated heterocycles. The van der Waals surface area contributed by atoms with Crippen molar-refractivity contribution in [3.8, 4) is 0 Å². The average molecular weight is 181 g/mol. The Morgan fingerprint density at radius 1 is 1.54 bits per heavy atom. The van der Waals surface area contributed by atoms with E-state index < -0.39 is 17.7 Å². The number of hydrogen-bond acceptors (Lipinski definition) is 3. The normalized spacial score (nSPS) is 10.5. The first-order chi connectivity index (χ1) is 6.16. The Hall–Kier alpha value is -1.91. The molecular formula is C8H4FNO3. The lowest BCUT2D eigenvalue weighted by Crippen LogP contribution is -1.94. The van der Waals surface area contributed by atoms with Gasteiger partial charge >= 0.3 is 11.9 Å². The number of hydrogen-bond donors (Lipinski definition) is 1. The second-order valence-corrected chi connectivity index (χ2v) is 2.44. The van der Waals surface area contributed by atoms with Crippen LogP contribution < -0.4 is 0 Å². The minimum atomic E-state index is -1.27. The summed E-state index contributed by atoms with van der Waals surface area (Å²) >= 11 is 0. The molecule has 4 nitrogen and oxygen atoms in total. The van der Waals surface area contributed by atoms with E-state index in [0.717, 1.165) is 6.07 Å². The van der Waals surface area contributed by atoms with Gasteiger partial charge in [-0.25, -0.2) is 14.2 Å². The summed E-state index contributed by atoms with van der Waals surface area (Å²) in [5, 5.41) is 8.51. The second-order valence-electron chi connectivity index (χ2n) is 2.44. The molecule has 5 heteroatoms. The van der Waals surface area contributed by atoms with Crippen molar-refractivity contribution in [1.82, 2.24) is 4.98 Å². The van der Waals surface area contributed by atoms with Crippen molar-refractivity contribution in [3.63, 3.8) is 0 Å². The van der Waals surface area contributed by atoms with Crippen LogP contribution >= 0.6 is 0 Å². The van der Waals surface area contributed by atoms with E-state index in [2.05, 4.69) is 4.98 Å². The summed E-state index contributed by atoms with van der Waals surface area (Å²) in [6, 6.07) is 3.64. The van der Waals surface area contributed by atoms with Crippen LogP contribution in [-0.2, 0) is 0 Å². The van der Waals surface area contributed by atoms with Gasteiger partial charge in [-0.05, 0) is 12.1 Å². The minimum absolute atomic E-state index is 0.136. The van der Waals surface area contributed by atoms with Crippen LogP contribution in [0.3, 0.4) is 0 Å². The molecule has 1 N–H and O–H groups in total. The topological polar surface area (TPSA) is 63.3 Å². The molecule has 2 aromatic rings. The van der Waals surface area contributed by atoms with E-state index in [9.17, 15) is 9.18 Å². The molecule has 0 unspecified atom stereocenters. The van der Waals surface area contributed by atoms with Crippen LogP contribution in [0.1, 0.15) is 10.7 Å². The van der Waals surface area contributed by atoms with Gasteiger partial charge in [-0.2, -0.15) is 0 Å². The van der Waals surface area contributed by atoms with Crippen molar-refractivity contribution >= 4 is 17.1 Å². The first-order valence-electron chi connectivity index (χ1n) is 3.46. The molecule has 0 radical (unpaired) electrons. The fourth-order valence-electron chi connectivity index (χ4n) is 0.990. The summed E-state index contributed by atoms with van der Waals surface area (Å²) in [5.74, 6) is -2.18. The number of aromatic nitrogens is 1. The summed E-state index contributed by atoms with van der Waals surface area (Å²) in [4.78, 5) is 14.0. The highest BCUT2D eigenvalue weighted by molar-refractivity contribution is 5.86. The highest BCUT2D eigenvalue weighted by Gasteiger charge is 2.12. The lowest BCUT2D eigenvalue weighted by atomic mass is 10.3. The third-order valence-electron chi connectivity index (χ3n) is 1.53. The molecule has 66 valence electrons. The number of benzene rings is 1. The largest absolute Gasteiger partial charge is 0.474 e. The predicted octanol–water partition coefficient (Wildman–Crippen LogP) is 1.67. The summed E-state index contributed by atoms with van der Waals surface area (Å²) in [6.07, 6.45) is 0. The van der Waals surface area contributed by atoms with Crippen LogP contribution in [0.2, 0.25) is 0 Å². The fourth-order valence-corrected chi connectivity index (χ4v) is 0.990. The molecule has 2 rings (SSSR count). The number of fused-ring (bicyclic) bond motifs is 1. The van der Waals surface area contributed by atoms with E-state index in [4.69, 9.17) is 9.52 Å². The van der Waals surface area contributed by atoms with Crippen LogP contribution in [0.25, 0.3) is 11.1 Å². The standard InChI is InChI=1S/C8H4FNO3/c9-4-1-2-5-6(3-4)13-7(10-5)8(11)12/h1-3H,(H,11,12). The molecule has 13 heavy (non-hydrogen) atoms. The SMILES string of the molecule is O=C(O)c1nc2ccc(F)cc2o1. The van der Waals surface area contributed by atoms with Gasteiger partial charge in [0.1, 0.15) is 11.3 Å². The van der Waals surface area contributed by atoms with Gasteiger partial charge in [-0.1, -0.05) is 0 Å². The van der Waals surface area contributed by atoms with E-state index >= 15 is 0 Å². The van der Waals surface area contributed by atoms with E-state index in [1.54, 1.807) is 0 Å². The molecule has 1 heterocycles. The first-order valence-corrected chi connectivity index (χ1v) is 3.46. The quantitative estimate of drug-likeness (QED) is 0.726. The molecule has 0 atom stereocenters. The first kappa shape index (κ1) is 7.72. The zero-order chi connectivity index (χ0) is 9.42. The summed E-state index contributed by atoms with van der Waals surface area (Å²) in [5.41, 5.74) is 0.469. The molecule has 0 saturated carbocycles. The van der Waals surface area contributed by atoms with E-state index in [0.29, 0.717) is 5.52 Å². The third-order valence-corrected chi connectivity index (χ3v) is 1.53. The molecule has 0 amide bonds. The maximum absolute atomic E-state index is 12.6. The van der Waals surface area contributed by atoms with Crippen LogP contribution in [0.5, 0.6) is 0 Å². The smallest absolute Gasteiger partial charge is 0.392 e. The number of carbonyl (C=O) groups is 1. The molecule has 0 fully saturated rings. The monoisotopic (exact) mass is 181 g/mol. The Morgan fingerprint density at radius 2 is 2.31 bits per heavy atom. The number of aromatic carboxylic acids is 1. The van der Waals surface area contributed by atoms with Crippen molar-refractivity contribution in [2.24, 2.45) is 0 Å². The molecule has 1 aromatic heterocycles. The van der Waals surface area contributed by atoms with Gasteiger partial charge in [0.05, 0.1) is 0 Å². The van der Waals surface area contributed by atoms with Crippen LogP contribution in [0, 0.1) is 5.82 Å². The number of halogens is 1. The number of carboxylic acid groups (broad SMARTS) is 1. The average Bonchev–Trinajstić information content (AvgIpc) is 2.46. The zero-order valence-electron chi connectivity index (χ0n) is 6.32. The Kier molecular flexibility index (Phi) is 1.51. The Labute approximate surface area is 71.6 Å². The molecule has 1 aromatic carbocycles. The van der Waals surface area contributed by atoms with Crippen molar-refractivity contribution < 1.29 is 18.7 Å². The molecule has 0 spiro atoms. The Bertz CT molecular complexity index is 477. The molecular weight excluding hydrogens is 177 g/mol. The van der Waals surface area contributed by atoms with Crippen molar-refractivity contribution in [2.75, 3.05) is 0 Å². The van der Waals surface area contributed by atoms with Gasteiger partial charge < -0.3 is 9.52 Å². The van der Waals surface area contributed by atoms with Crippen molar-refractivity contribution in [1.29, 1.82) is 0 Å². The van der Waals surface area contributed by atoms with Crippen LogP contribution in [-0.4, -0.2) is 16.1 Å². The van der Waals surface area contributed by atoms with Gasteiger partial charge in [-0.15, -0.1) is 0 Å². The van der Waals surface area contributed by atoms with Gasteiger partial charge in [0.25, 0.3) is 0 Å². The summed E-state index contributed by atoms with van der Waals surface area (Å²) in [7, 11) is 0. The van der Waals surface area contributed by atoms with E-state index in [1.165, 1.54) is 12.1 Å². The maximum atomic E-state index is 12.6. The Morgan fingerprint density at radius 3 is 3.00 bits per heavy atom. The van der Waals surface area contributed by atoms with E-state index in [-0.39, 0.29) is 5.58 Å². The van der Waals surface area contributed by atoms with Crippen molar-refractivity contribution in [2.45, 2.75) is 0 Å². The molecule has 0 aliphatic rings. The van der Waals surface area contributed by atoms with Crippen LogP contribution in [0.4, 0.5) is 4.39 Å². The molecule has 0 bridgehead atoms. The summed E-state index contributed by atoms with van der Waals surface area (Å²) < 4.78 is 17.4. The van der Waals surface area contributed by atoms with Crippen molar-refractivity contribution in [3.05, 3.63) is 29.9 Å². The third kappa shape index (κ3) is 1.24. The van der Waals surface area contributed by atoms with Gasteiger partial charge in [0.15, 0.2) is 5.58 Å². The van der Waals surface area contributed by atoms with E-state index in [1.807, 2.05) is 0 Å². The van der Waals surface area contributed by atoms with Gasteiger partial charge in [-0.3, -0.25) is 0 Å². The highest BCUT2D eigenvalue weighted by Crippen LogP contribution is 2.16. The van der Waals surface area contributed by atoms with Gasteiger partial charge in [0.2, 0.25) is 0 Å². The zero-order valence-corrected chi connectivity index (χ0v) is 6.32. The number of oxazole rings is 1. The lowest BCUT2D eigenvalue weighted by Gasteiger charge is -1.84. The second kappa shape index (κ2) is 2.55. The van der Waals surface area contributed by atoms with Gasteiger partial charge in [0, 0.05) is 6.07 Å². The highest BCUT2D eigenvalue weighted by atomic mass is 19.1. The number of nitrogens with zero attached hydrogens (tertiary/aromatic N) is 1. The lowest BCUT2D eigenvalue weighted by molar-refractivity contribution is 0.0656. The minimum Gasteiger partial charge on any atom is -0.474 e. The predicted molar refractivity (Wildman–Crippen MR) is 40.9 cm³/mol. The van der Waals surface area contributed by atoms with Crippen LogP contribution in [0.15, 0.2) is 22.6 Å². The Balaban J connectivity index is 2.68. The number of rotatable bonds is 1. The fraction of sp³-hybridized carbons (Fsp3) is 0. The summed E-state index contributed by atoms with van der Waals surface area (Å²) in [6.45, 7) is 0. The number of carboxylic acids is 1. The molecule has 0 aliphatic carbocycles.